The number of Topliss-reactive ketones (excluding diaryl/α,β-unsaturated/α-hetero) is 1. The lowest BCUT2D eigenvalue weighted by Crippen LogP contribution is -2.13. The van der Waals surface area contributed by atoms with Crippen LogP contribution in [0, 0.1) is 0 Å². The third-order valence-corrected chi connectivity index (χ3v) is 5.30. The summed E-state index contributed by atoms with van der Waals surface area (Å²) >= 11 is 0. The number of pyridine rings is 1. The summed E-state index contributed by atoms with van der Waals surface area (Å²) in [5.74, 6) is 0.320. The number of fused-ring (bicyclic) bond motifs is 1. The lowest BCUT2D eigenvalue weighted by Gasteiger charge is -2.08. The second-order valence-electron chi connectivity index (χ2n) is 7.67. The van der Waals surface area contributed by atoms with Crippen molar-refractivity contribution in [3.8, 4) is 22.6 Å². The Morgan fingerprint density at radius 3 is 2.50 bits per heavy atom. The molecule has 2 aromatic carbocycles. The van der Waals surface area contributed by atoms with Gasteiger partial charge in [-0.25, -0.2) is 0 Å². The largest absolute Gasteiger partial charge is 0.326 e. The minimum atomic E-state index is -0.220. The first kappa shape index (κ1) is 21.1. The molecule has 0 bridgehead atoms. The molecule has 0 aliphatic heterocycles. The highest BCUT2D eigenvalue weighted by Crippen LogP contribution is 2.23. The molecule has 0 spiro atoms. The molecule has 8 heteroatoms. The zero-order chi connectivity index (χ0) is 23.3. The van der Waals surface area contributed by atoms with Gasteiger partial charge in [-0.05, 0) is 36.4 Å². The second-order valence-corrected chi connectivity index (χ2v) is 7.67. The summed E-state index contributed by atoms with van der Waals surface area (Å²) in [6, 6.07) is 23.8. The van der Waals surface area contributed by atoms with Crippen molar-refractivity contribution in [2.45, 2.75) is 12.8 Å². The van der Waals surface area contributed by atoms with Gasteiger partial charge in [0.25, 0.3) is 0 Å². The van der Waals surface area contributed by atoms with Gasteiger partial charge in [-0.3, -0.25) is 14.6 Å². The SMILES string of the molecule is O=C(CCC(=O)c1ccccc1)Nc1cccc(-c2ccc3nnc(-c4cccnc4)n3n2)c1. The molecular weight excluding hydrogens is 428 g/mol. The molecule has 166 valence electrons. The molecule has 34 heavy (non-hydrogen) atoms. The monoisotopic (exact) mass is 448 g/mol. The van der Waals surface area contributed by atoms with Crippen LogP contribution in [0.3, 0.4) is 0 Å². The Kier molecular flexibility index (Phi) is 5.85. The van der Waals surface area contributed by atoms with Crippen molar-refractivity contribution in [1.82, 2.24) is 24.8 Å². The van der Waals surface area contributed by atoms with E-state index in [1.165, 1.54) is 0 Å². The van der Waals surface area contributed by atoms with E-state index in [2.05, 4.69) is 20.5 Å². The number of aromatic nitrogens is 5. The summed E-state index contributed by atoms with van der Waals surface area (Å²) in [5, 5.41) is 16.0. The first-order chi connectivity index (χ1) is 16.7. The van der Waals surface area contributed by atoms with Gasteiger partial charge in [0.15, 0.2) is 17.3 Å². The number of ketones is 1. The average Bonchev–Trinajstić information content (AvgIpc) is 3.32. The highest BCUT2D eigenvalue weighted by molar-refractivity contribution is 6.00. The summed E-state index contributed by atoms with van der Waals surface area (Å²) in [7, 11) is 0. The van der Waals surface area contributed by atoms with E-state index >= 15 is 0 Å². The topological polar surface area (TPSA) is 102 Å². The second kappa shape index (κ2) is 9.41. The fourth-order valence-corrected chi connectivity index (χ4v) is 3.59. The van der Waals surface area contributed by atoms with E-state index in [9.17, 15) is 9.59 Å². The molecule has 5 rings (SSSR count). The van der Waals surface area contributed by atoms with Gasteiger partial charge in [0, 0.05) is 47.6 Å². The van der Waals surface area contributed by atoms with E-state index in [1.807, 2.05) is 60.7 Å². The summed E-state index contributed by atoms with van der Waals surface area (Å²) in [5.41, 5.74) is 4.20. The fourth-order valence-electron chi connectivity index (χ4n) is 3.59. The molecule has 5 aromatic rings. The fraction of sp³-hybridized carbons (Fsp3) is 0.0769. The molecule has 3 aromatic heterocycles. The Balaban J connectivity index is 1.32. The molecule has 0 unspecified atom stereocenters. The number of nitrogens with one attached hydrogen (secondary N) is 1. The highest BCUT2D eigenvalue weighted by atomic mass is 16.2. The first-order valence-electron chi connectivity index (χ1n) is 10.8. The summed E-state index contributed by atoms with van der Waals surface area (Å²) in [6.45, 7) is 0. The van der Waals surface area contributed by atoms with Gasteiger partial charge in [-0.1, -0.05) is 42.5 Å². The molecule has 0 atom stereocenters. The van der Waals surface area contributed by atoms with Crippen molar-refractivity contribution in [2.75, 3.05) is 5.32 Å². The van der Waals surface area contributed by atoms with E-state index in [1.54, 1.807) is 35.1 Å². The van der Waals surface area contributed by atoms with Gasteiger partial charge >= 0.3 is 0 Å². The number of amides is 1. The van der Waals surface area contributed by atoms with Gasteiger partial charge in [-0.2, -0.15) is 9.61 Å². The Morgan fingerprint density at radius 2 is 1.68 bits per heavy atom. The quantitative estimate of drug-likeness (QED) is 0.369. The van der Waals surface area contributed by atoms with E-state index < -0.39 is 0 Å². The number of nitrogens with zero attached hydrogens (tertiary/aromatic N) is 5. The number of carbonyl (C=O) groups excluding carboxylic acids is 2. The van der Waals surface area contributed by atoms with Crippen LogP contribution in [0.2, 0.25) is 0 Å². The zero-order valence-electron chi connectivity index (χ0n) is 18.1. The normalized spacial score (nSPS) is 10.8. The molecule has 0 saturated carbocycles. The highest BCUT2D eigenvalue weighted by Gasteiger charge is 2.12. The van der Waals surface area contributed by atoms with Crippen molar-refractivity contribution in [1.29, 1.82) is 0 Å². The standard InChI is InChI=1S/C26H20N6O2/c33-23(18-6-2-1-3-7-18)12-14-25(34)28-21-10-4-8-19(16-21)22-11-13-24-29-30-26(32(24)31-22)20-9-5-15-27-17-20/h1-11,13,15-17H,12,14H2,(H,28,34). The smallest absolute Gasteiger partial charge is 0.224 e. The maximum absolute atomic E-state index is 12.4. The zero-order valence-corrected chi connectivity index (χ0v) is 18.1. The number of anilines is 1. The van der Waals surface area contributed by atoms with Crippen LogP contribution in [0.1, 0.15) is 23.2 Å². The van der Waals surface area contributed by atoms with E-state index in [0.29, 0.717) is 28.4 Å². The van der Waals surface area contributed by atoms with Gasteiger partial charge in [0.2, 0.25) is 5.91 Å². The third-order valence-electron chi connectivity index (χ3n) is 5.30. The van der Waals surface area contributed by atoms with Crippen LogP contribution < -0.4 is 5.32 Å². The number of carbonyl (C=O) groups is 2. The molecule has 0 fully saturated rings. The van der Waals surface area contributed by atoms with Gasteiger partial charge < -0.3 is 5.32 Å². The van der Waals surface area contributed by atoms with E-state index in [0.717, 1.165) is 11.1 Å². The van der Waals surface area contributed by atoms with Crippen LogP contribution in [0.5, 0.6) is 0 Å². The molecule has 0 saturated heterocycles. The number of hydrogen-bond acceptors (Lipinski definition) is 6. The van der Waals surface area contributed by atoms with E-state index in [4.69, 9.17) is 5.10 Å². The van der Waals surface area contributed by atoms with Crippen molar-refractivity contribution in [3.63, 3.8) is 0 Å². The molecule has 3 heterocycles. The maximum Gasteiger partial charge on any atom is 0.224 e. The van der Waals surface area contributed by atoms with Crippen LogP contribution in [0.25, 0.3) is 28.3 Å². The van der Waals surface area contributed by atoms with Crippen molar-refractivity contribution in [2.24, 2.45) is 0 Å². The lowest BCUT2D eigenvalue weighted by atomic mass is 10.1. The van der Waals surface area contributed by atoms with E-state index in [-0.39, 0.29) is 24.5 Å². The Morgan fingerprint density at radius 1 is 0.824 bits per heavy atom. The molecule has 0 radical (unpaired) electrons. The van der Waals surface area contributed by atoms with Crippen LogP contribution >= 0.6 is 0 Å². The van der Waals surface area contributed by atoms with Crippen LogP contribution in [0.4, 0.5) is 5.69 Å². The molecule has 8 nitrogen and oxygen atoms in total. The third kappa shape index (κ3) is 4.56. The Hall–Kier alpha value is -4.72. The first-order valence-corrected chi connectivity index (χ1v) is 10.8. The molecule has 1 N–H and O–H groups in total. The minimum Gasteiger partial charge on any atom is -0.326 e. The number of benzene rings is 2. The Labute approximate surface area is 195 Å². The summed E-state index contributed by atoms with van der Waals surface area (Å²) < 4.78 is 1.67. The van der Waals surface area contributed by atoms with Crippen LogP contribution in [-0.2, 0) is 4.79 Å². The molecular formula is C26H20N6O2. The van der Waals surface area contributed by atoms with Crippen molar-refractivity contribution in [3.05, 3.63) is 96.8 Å². The van der Waals surface area contributed by atoms with Gasteiger partial charge in [0.1, 0.15) is 0 Å². The summed E-state index contributed by atoms with van der Waals surface area (Å²) in [4.78, 5) is 28.8. The molecule has 0 aliphatic carbocycles. The predicted molar refractivity (Wildman–Crippen MR) is 128 cm³/mol. The predicted octanol–water partition coefficient (Wildman–Crippen LogP) is 4.45. The van der Waals surface area contributed by atoms with Crippen LogP contribution in [-0.4, -0.2) is 36.5 Å². The lowest BCUT2D eigenvalue weighted by molar-refractivity contribution is -0.116. The minimum absolute atomic E-state index is 0.0552. The molecule has 0 aliphatic rings. The van der Waals surface area contributed by atoms with Crippen molar-refractivity contribution < 1.29 is 9.59 Å². The van der Waals surface area contributed by atoms with Crippen molar-refractivity contribution >= 4 is 23.0 Å². The summed E-state index contributed by atoms with van der Waals surface area (Å²) in [6.07, 6.45) is 3.67. The van der Waals surface area contributed by atoms with Gasteiger partial charge in [-0.15, -0.1) is 10.2 Å². The Bertz CT molecular complexity index is 1460. The van der Waals surface area contributed by atoms with Gasteiger partial charge in [0.05, 0.1) is 5.69 Å². The number of hydrogen-bond donors (Lipinski definition) is 1. The average molecular weight is 448 g/mol. The maximum atomic E-state index is 12.4. The molecule has 1 amide bonds. The number of rotatable bonds is 7. The van der Waals surface area contributed by atoms with Crippen LogP contribution in [0.15, 0.2) is 91.3 Å².